The highest BCUT2D eigenvalue weighted by Crippen LogP contribution is 2.46. The second-order valence-corrected chi connectivity index (χ2v) is 11.1. The lowest BCUT2D eigenvalue weighted by Gasteiger charge is -2.34. The van der Waals surface area contributed by atoms with Crippen LogP contribution < -0.4 is 0 Å². The Kier molecular flexibility index (Phi) is 9.61. The topological polar surface area (TPSA) is 50.9 Å². The monoisotopic (exact) mass is 555 g/mol. The van der Waals surface area contributed by atoms with Crippen LogP contribution in [-0.2, 0) is 11.3 Å². The Labute approximate surface area is 231 Å². The molecular weight excluding hydrogens is 524 g/mol. The molecule has 5 nitrogen and oxygen atoms in total. The van der Waals surface area contributed by atoms with Crippen molar-refractivity contribution in [3.63, 3.8) is 0 Å². The molecule has 2 unspecified atom stereocenters. The van der Waals surface area contributed by atoms with Gasteiger partial charge in [-0.25, -0.2) is 0 Å². The van der Waals surface area contributed by atoms with Crippen LogP contribution >= 0.6 is 31.9 Å². The van der Waals surface area contributed by atoms with Crippen LogP contribution in [0.15, 0.2) is 88.7 Å². The zero-order valence-electron chi connectivity index (χ0n) is 21.1. The molecule has 2 aromatic rings. The van der Waals surface area contributed by atoms with Crippen LogP contribution in [0.3, 0.4) is 0 Å². The minimum atomic E-state index is 0.140. The first-order valence-corrected chi connectivity index (χ1v) is 14.3. The number of aliphatic imine (C=N–C) groups is 1. The molecule has 2 atom stereocenters. The van der Waals surface area contributed by atoms with Gasteiger partial charge < -0.3 is 13.9 Å². The Morgan fingerprint density at radius 3 is 2.57 bits per heavy atom. The predicted octanol–water partition coefficient (Wildman–Crippen LogP) is 8.50. The molecule has 1 saturated heterocycles. The average Bonchev–Trinajstić information content (AvgIpc) is 3.67. The van der Waals surface area contributed by atoms with E-state index >= 15 is 0 Å². The van der Waals surface area contributed by atoms with Gasteiger partial charge in [0, 0.05) is 41.7 Å². The number of allylic oxidation sites excluding steroid dienone is 5. The van der Waals surface area contributed by atoms with Gasteiger partial charge in [-0.3, -0.25) is 4.99 Å². The van der Waals surface area contributed by atoms with Gasteiger partial charge in [-0.1, -0.05) is 66.3 Å². The lowest BCUT2D eigenvalue weighted by atomic mass is 10.0. The molecule has 2 aliphatic rings. The Balaban J connectivity index is 1.45. The van der Waals surface area contributed by atoms with Gasteiger partial charge in [-0.05, 0) is 64.8 Å². The summed E-state index contributed by atoms with van der Waals surface area (Å²) >= 11 is 13.0. The van der Waals surface area contributed by atoms with E-state index in [4.69, 9.17) is 32.5 Å². The number of nitrogens with zero attached hydrogens (tertiary/aromatic N) is 3. The highest BCUT2D eigenvalue weighted by Gasteiger charge is 2.34. The van der Waals surface area contributed by atoms with E-state index in [2.05, 4.69) is 40.6 Å². The summed E-state index contributed by atoms with van der Waals surface area (Å²) in [6, 6.07) is 5.47. The van der Waals surface area contributed by atoms with Gasteiger partial charge in [0.2, 0.25) is 0 Å². The van der Waals surface area contributed by atoms with Gasteiger partial charge in [0.15, 0.2) is 0 Å². The molecule has 0 spiro atoms. The molecule has 2 heterocycles. The number of benzene rings is 1. The van der Waals surface area contributed by atoms with Crippen molar-refractivity contribution in [1.29, 1.82) is 0 Å². The third-order valence-corrected chi connectivity index (χ3v) is 8.58. The third kappa shape index (κ3) is 6.72. The van der Waals surface area contributed by atoms with E-state index in [1.807, 2.05) is 31.2 Å². The first-order chi connectivity index (χ1) is 18.0. The predicted molar refractivity (Wildman–Crippen MR) is 157 cm³/mol. The Hall–Kier alpha value is -2.43. The molecule has 194 valence electrons. The van der Waals surface area contributed by atoms with Crippen LogP contribution in [0.2, 0.25) is 10.0 Å². The van der Waals surface area contributed by atoms with Gasteiger partial charge in [0.1, 0.15) is 11.5 Å². The van der Waals surface area contributed by atoms with E-state index in [-0.39, 0.29) is 6.10 Å². The molecule has 0 bridgehead atoms. The third-order valence-electron chi connectivity index (χ3n) is 6.45. The van der Waals surface area contributed by atoms with Crippen LogP contribution in [0.1, 0.15) is 43.4 Å². The zero-order chi connectivity index (χ0) is 26.4. The van der Waals surface area contributed by atoms with Crippen molar-refractivity contribution < 1.29 is 9.26 Å². The molecule has 1 aliphatic carbocycles. The molecule has 0 amide bonds. The zero-order valence-corrected chi connectivity index (χ0v) is 23.6. The number of halogens is 2. The molecule has 37 heavy (non-hydrogen) atoms. The summed E-state index contributed by atoms with van der Waals surface area (Å²) < 4.78 is 14.6. The summed E-state index contributed by atoms with van der Waals surface area (Å²) in [7, 11) is 0.570. The quantitative estimate of drug-likeness (QED) is 0.158. The first-order valence-electron chi connectivity index (χ1n) is 12.3. The number of hydrogen-bond acceptors (Lipinski definition) is 5. The number of ether oxygens (including phenoxy) is 1. The van der Waals surface area contributed by atoms with Crippen molar-refractivity contribution in [1.82, 2.24) is 9.83 Å². The summed E-state index contributed by atoms with van der Waals surface area (Å²) in [5.74, 6) is 1.30. The van der Waals surface area contributed by atoms with Crippen LogP contribution in [-0.4, -0.2) is 34.9 Å². The molecule has 4 rings (SSSR count). The molecule has 0 N–H and O–H groups in total. The van der Waals surface area contributed by atoms with Crippen molar-refractivity contribution in [2.45, 2.75) is 44.8 Å². The average molecular weight is 556 g/mol. The van der Waals surface area contributed by atoms with E-state index < -0.39 is 0 Å². The van der Waals surface area contributed by atoms with Crippen molar-refractivity contribution in [2.75, 3.05) is 12.7 Å². The van der Waals surface area contributed by atoms with Gasteiger partial charge in [0.25, 0.3) is 0 Å². The van der Waals surface area contributed by atoms with Gasteiger partial charge in [-0.2, -0.15) is 0 Å². The standard InChI is InChI=1S/C29H32Cl2N3O2P/c1-5-14-32-26(19(4)6-2)16-21(7-3)34-15-13-22(18-37-34)35-17-23-28(33-36-29(23)20-11-12-20)27-24(30)9-8-10-25(27)31/h5-10,14,16,20,22,37H,1-3,11-13,15,17-18H2,4H3/b21-16+,26-19+,32-14?. The van der Waals surface area contributed by atoms with Crippen molar-refractivity contribution in [3.05, 3.63) is 101 Å². The molecule has 1 aromatic heterocycles. The molecule has 1 saturated carbocycles. The van der Waals surface area contributed by atoms with Gasteiger partial charge in [0.05, 0.1) is 28.5 Å². The van der Waals surface area contributed by atoms with E-state index in [0.717, 1.165) is 60.3 Å². The lowest BCUT2D eigenvalue weighted by Crippen LogP contribution is -2.30. The maximum absolute atomic E-state index is 6.49. The number of rotatable bonds is 11. The van der Waals surface area contributed by atoms with Gasteiger partial charge in [-0.15, -0.1) is 0 Å². The largest absolute Gasteiger partial charge is 0.373 e. The highest BCUT2D eigenvalue weighted by atomic mass is 35.5. The highest BCUT2D eigenvalue weighted by molar-refractivity contribution is 7.35. The summed E-state index contributed by atoms with van der Waals surface area (Å²) in [6.45, 7) is 14.9. The summed E-state index contributed by atoms with van der Waals surface area (Å²) in [5.41, 5.74) is 5.23. The van der Waals surface area contributed by atoms with E-state index in [0.29, 0.717) is 42.6 Å². The van der Waals surface area contributed by atoms with E-state index in [9.17, 15) is 0 Å². The molecule has 0 radical (unpaired) electrons. The number of hydrogen-bond donors (Lipinski definition) is 0. The lowest BCUT2D eigenvalue weighted by molar-refractivity contribution is 0.0435. The minimum Gasteiger partial charge on any atom is -0.373 e. The maximum atomic E-state index is 6.49. The second-order valence-electron chi connectivity index (χ2n) is 9.04. The fourth-order valence-electron chi connectivity index (χ4n) is 4.16. The molecule has 8 heteroatoms. The summed E-state index contributed by atoms with van der Waals surface area (Å²) in [4.78, 5) is 4.50. The van der Waals surface area contributed by atoms with E-state index in [1.165, 1.54) is 0 Å². The minimum absolute atomic E-state index is 0.140. The molecule has 1 aromatic carbocycles. The second kappa shape index (κ2) is 12.9. The molecule has 2 fully saturated rings. The summed E-state index contributed by atoms with van der Waals surface area (Å²) in [6.07, 6.45) is 13.3. The maximum Gasteiger partial charge on any atom is 0.145 e. The summed E-state index contributed by atoms with van der Waals surface area (Å²) in [5, 5.41) is 5.48. The SMILES string of the molecule is C=CC=NC(/C=C(\C=C)N1CCC(OCc2c(-c3c(Cl)cccc3Cl)noc2C2CC2)CP1)=C(\C)C=C. The van der Waals surface area contributed by atoms with E-state index in [1.54, 1.807) is 18.4 Å². The smallest absolute Gasteiger partial charge is 0.145 e. The van der Waals surface area contributed by atoms with Crippen molar-refractivity contribution in [3.8, 4) is 11.3 Å². The fourth-order valence-corrected chi connectivity index (χ4v) is 6.10. The van der Waals surface area contributed by atoms with Crippen LogP contribution in [0, 0.1) is 0 Å². The first kappa shape index (κ1) is 27.6. The van der Waals surface area contributed by atoms with Crippen LogP contribution in [0.4, 0.5) is 0 Å². The van der Waals surface area contributed by atoms with Gasteiger partial charge >= 0.3 is 0 Å². The molecular formula is C29H32Cl2N3O2P. The number of aromatic nitrogens is 1. The Morgan fingerprint density at radius 2 is 1.97 bits per heavy atom. The van der Waals surface area contributed by atoms with Crippen molar-refractivity contribution >= 4 is 38.1 Å². The molecule has 1 aliphatic heterocycles. The Morgan fingerprint density at radius 1 is 1.22 bits per heavy atom. The van der Waals surface area contributed by atoms with Crippen molar-refractivity contribution in [2.24, 2.45) is 4.99 Å². The van der Waals surface area contributed by atoms with Crippen LogP contribution in [0.25, 0.3) is 11.3 Å². The Bertz CT molecular complexity index is 1230. The normalized spacial score (nSPS) is 19.8. The van der Waals surface area contributed by atoms with Crippen LogP contribution in [0.5, 0.6) is 0 Å². The fraction of sp³-hybridized carbons (Fsp3) is 0.310.